The van der Waals surface area contributed by atoms with Crippen molar-refractivity contribution in [3.8, 4) is 0 Å². The topological polar surface area (TPSA) is 51.0 Å². The molecule has 0 spiro atoms. The van der Waals surface area contributed by atoms with Gasteiger partial charge < -0.3 is 9.84 Å². The molecule has 0 radical (unpaired) electrons. The van der Waals surface area contributed by atoms with E-state index in [0.717, 1.165) is 5.56 Å². The van der Waals surface area contributed by atoms with Gasteiger partial charge in [0.15, 0.2) is 5.82 Å². The van der Waals surface area contributed by atoms with Gasteiger partial charge in [0.25, 0.3) is 0 Å². The number of hydrogen-bond donors (Lipinski definition) is 1. The predicted octanol–water partition coefficient (Wildman–Crippen LogP) is 4.01. The van der Waals surface area contributed by atoms with Gasteiger partial charge in [0.1, 0.15) is 5.82 Å². The van der Waals surface area contributed by atoms with Crippen LogP contribution in [0, 0.1) is 5.82 Å². The summed E-state index contributed by atoms with van der Waals surface area (Å²) in [7, 11) is 0. The molecule has 0 bridgehead atoms. The molecule has 21 heavy (non-hydrogen) atoms. The maximum absolute atomic E-state index is 13.0. The Labute approximate surface area is 128 Å². The molecule has 0 aliphatic heterocycles. The normalized spacial score (nSPS) is 13.4. The lowest BCUT2D eigenvalue weighted by molar-refractivity contribution is 0.317. The lowest BCUT2D eigenvalue weighted by Crippen LogP contribution is -2.19. The summed E-state index contributed by atoms with van der Waals surface area (Å²) in [6, 6.07) is 4.33. The van der Waals surface area contributed by atoms with Crippen LogP contribution in [0.4, 0.5) is 4.39 Å². The molecule has 1 N–H and O–H groups in total. The largest absolute Gasteiger partial charge is 0.339 e. The van der Waals surface area contributed by atoms with Gasteiger partial charge in [0.2, 0.25) is 5.89 Å². The molecule has 6 heteroatoms. The molecular formula is C15H19ClFN3O. The minimum absolute atomic E-state index is 0.0466. The van der Waals surface area contributed by atoms with E-state index in [4.69, 9.17) is 16.1 Å². The standard InChI is InChI=1S/C15H19ClFN3O/c1-9(11-6-5-10(17)7-12(11)16)18-8-13-19-14(21-20-13)15(2,3)4/h5-7,9,18H,8H2,1-4H3/t9-/m0/s1. The average molecular weight is 312 g/mol. The van der Waals surface area contributed by atoms with E-state index in [1.54, 1.807) is 6.07 Å². The van der Waals surface area contributed by atoms with E-state index in [-0.39, 0.29) is 17.3 Å². The summed E-state index contributed by atoms with van der Waals surface area (Å²) in [4.78, 5) is 4.35. The molecule has 1 heterocycles. The van der Waals surface area contributed by atoms with E-state index in [1.165, 1.54) is 12.1 Å². The van der Waals surface area contributed by atoms with Crippen LogP contribution >= 0.6 is 11.6 Å². The van der Waals surface area contributed by atoms with Crippen molar-refractivity contribution in [2.45, 2.75) is 45.7 Å². The summed E-state index contributed by atoms with van der Waals surface area (Å²) in [5.41, 5.74) is 0.662. The van der Waals surface area contributed by atoms with E-state index in [1.807, 2.05) is 27.7 Å². The van der Waals surface area contributed by atoms with Crippen LogP contribution in [0.25, 0.3) is 0 Å². The predicted molar refractivity (Wildman–Crippen MR) is 79.7 cm³/mol. The van der Waals surface area contributed by atoms with Crippen LogP contribution in [-0.2, 0) is 12.0 Å². The fourth-order valence-electron chi connectivity index (χ4n) is 1.84. The molecule has 0 aliphatic rings. The molecule has 1 aromatic carbocycles. The molecule has 0 amide bonds. The number of halogens is 2. The van der Waals surface area contributed by atoms with Gasteiger partial charge >= 0.3 is 0 Å². The Morgan fingerprint density at radius 2 is 2.10 bits per heavy atom. The second-order valence-corrected chi connectivity index (χ2v) is 6.44. The third-order valence-corrected chi connectivity index (χ3v) is 3.43. The van der Waals surface area contributed by atoms with Crippen LogP contribution in [0.2, 0.25) is 5.02 Å². The number of nitrogens with one attached hydrogen (secondary N) is 1. The fraction of sp³-hybridized carbons (Fsp3) is 0.467. The second-order valence-electron chi connectivity index (χ2n) is 6.03. The van der Waals surface area contributed by atoms with Gasteiger partial charge in [-0.05, 0) is 24.6 Å². The van der Waals surface area contributed by atoms with Gasteiger partial charge in [-0.1, -0.05) is 43.6 Å². The Balaban J connectivity index is 2.01. The molecule has 1 aromatic heterocycles. The summed E-state index contributed by atoms with van der Waals surface area (Å²) in [5, 5.41) is 7.59. The summed E-state index contributed by atoms with van der Waals surface area (Å²) in [6.07, 6.45) is 0. The van der Waals surface area contributed by atoms with Gasteiger partial charge in [0.05, 0.1) is 6.54 Å². The zero-order chi connectivity index (χ0) is 15.6. The van der Waals surface area contributed by atoms with Crippen LogP contribution in [0.1, 0.15) is 51.0 Å². The number of rotatable bonds is 4. The maximum Gasteiger partial charge on any atom is 0.232 e. The summed E-state index contributed by atoms with van der Waals surface area (Å²) in [5.74, 6) is 0.848. The van der Waals surface area contributed by atoms with Gasteiger partial charge in [-0.3, -0.25) is 0 Å². The summed E-state index contributed by atoms with van der Waals surface area (Å²) in [6.45, 7) is 8.44. The molecule has 0 aliphatic carbocycles. The molecule has 0 saturated heterocycles. The molecule has 2 rings (SSSR count). The lowest BCUT2D eigenvalue weighted by atomic mass is 9.97. The molecule has 4 nitrogen and oxygen atoms in total. The first-order valence-corrected chi connectivity index (χ1v) is 7.16. The number of nitrogens with zero attached hydrogens (tertiary/aromatic N) is 2. The van der Waals surface area contributed by atoms with Crippen molar-refractivity contribution in [2.75, 3.05) is 0 Å². The van der Waals surface area contributed by atoms with Crippen LogP contribution in [0.5, 0.6) is 0 Å². The van der Waals surface area contributed by atoms with Crippen molar-refractivity contribution < 1.29 is 8.91 Å². The zero-order valence-corrected chi connectivity index (χ0v) is 13.3. The molecule has 2 aromatic rings. The highest BCUT2D eigenvalue weighted by Crippen LogP contribution is 2.24. The van der Waals surface area contributed by atoms with E-state index >= 15 is 0 Å². The highest BCUT2D eigenvalue weighted by Gasteiger charge is 2.21. The molecular weight excluding hydrogens is 293 g/mol. The Morgan fingerprint density at radius 3 is 2.67 bits per heavy atom. The third kappa shape index (κ3) is 4.02. The smallest absolute Gasteiger partial charge is 0.232 e. The quantitative estimate of drug-likeness (QED) is 0.927. The fourth-order valence-corrected chi connectivity index (χ4v) is 2.17. The van der Waals surface area contributed by atoms with Gasteiger partial charge in [0, 0.05) is 16.5 Å². The van der Waals surface area contributed by atoms with E-state index in [2.05, 4.69) is 15.5 Å². The van der Waals surface area contributed by atoms with Gasteiger partial charge in [-0.25, -0.2) is 4.39 Å². The Kier molecular flexibility index (Phi) is 4.64. The maximum atomic E-state index is 13.0. The Morgan fingerprint density at radius 1 is 1.38 bits per heavy atom. The first-order chi connectivity index (χ1) is 9.77. The minimum atomic E-state index is -0.344. The Bertz CT molecular complexity index is 622. The number of benzene rings is 1. The van der Waals surface area contributed by atoms with Crippen LogP contribution in [0.15, 0.2) is 22.7 Å². The van der Waals surface area contributed by atoms with E-state index in [0.29, 0.717) is 23.3 Å². The molecule has 0 saturated carbocycles. The first-order valence-electron chi connectivity index (χ1n) is 6.79. The summed E-state index contributed by atoms with van der Waals surface area (Å²) < 4.78 is 18.3. The third-order valence-electron chi connectivity index (χ3n) is 3.11. The lowest BCUT2D eigenvalue weighted by Gasteiger charge is -2.14. The van der Waals surface area contributed by atoms with Gasteiger partial charge in [-0.2, -0.15) is 4.98 Å². The van der Waals surface area contributed by atoms with Crippen molar-refractivity contribution in [1.82, 2.24) is 15.5 Å². The molecule has 0 unspecified atom stereocenters. The number of hydrogen-bond acceptors (Lipinski definition) is 4. The van der Waals surface area contributed by atoms with Crippen LogP contribution in [0.3, 0.4) is 0 Å². The van der Waals surface area contributed by atoms with Crippen molar-refractivity contribution >= 4 is 11.6 Å². The molecule has 1 atom stereocenters. The van der Waals surface area contributed by atoms with Crippen molar-refractivity contribution in [1.29, 1.82) is 0 Å². The van der Waals surface area contributed by atoms with Gasteiger partial charge in [-0.15, -0.1) is 0 Å². The first kappa shape index (κ1) is 15.9. The van der Waals surface area contributed by atoms with Crippen LogP contribution < -0.4 is 5.32 Å². The monoisotopic (exact) mass is 311 g/mol. The van der Waals surface area contributed by atoms with Crippen molar-refractivity contribution in [3.63, 3.8) is 0 Å². The van der Waals surface area contributed by atoms with E-state index < -0.39 is 0 Å². The minimum Gasteiger partial charge on any atom is -0.339 e. The zero-order valence-electron chi connectivity index (χ0n) is 12.6. The Hall–Kier alpha value is -1.46. The molecule has 114 valence electrons. The second kappa shape index (κ2) is 6.12. The van der Waals surface area contributed by atoms with E-state index in [9.17, 15) is 4.39 Å². The van der Waals surface area contributed by atoms with Crippen molar-refractivity contribution in [3.05, 3.63) is 46.3 Å². The average Bonchev–Trinajstić information content (AvgIpc) is 2.84. The number of aromatic nitrogens is 2. The highest BCUT2D eigenvalue weighted by atomic mass is 35.5. The van der Waals surface area contributed by atoms with Crippen LogP contribution in [-0.4, -0.2) is 10.1 Å². The SMILES string of the molecule is C[C@H](NCc1noc(C(C)(C)C)n1)c1ccc(F)cc1Cl. The van der Waals surface area contributed by atoms with Crippen molar-refractivity contribution in [2.24, 2.45) is 0 Å². The summed E-state index contributed by atoms with van der Waals surface area (Å²) >= 11 is 6.04. The molecule has 0 fully saturated rings. The highest BCUT2D eigenvalue weighted by molar-refractivity contribution is 6.31.